The first-order valence-corrected chi connectivity index (χ1v) is 11.0. The molecule has 1 aromatic carbocycles. The van der Waals surface area contributed by atoms with Gasteiger partial charge in [-0.2, -0.15) is 11.3 Å². The Bertz CT molecular complexity index is 782. The smallest absolute Gasteiger partial charge is 0.257 e. The fraction of sp³-hybridized carbons (Fsp3) is 0.455. The van der Waals surface area contributed by atoms with E-state index in [1.807, 2.05) is 46.0 Å². The number of carbonyl (C=O) groups excluding carboxylic acids is 2. The van der Waals surface area contributed by atoms with Crippen LogP contribution in [0.5, 0.6) is 5.75 Å². The number of rotatable bonds is 8. The Morgan fingerprint density at radius 3 is 2.45 bits per heavy atom. The number of ether oxygens (including phenoxy) is 1. The molecule has 1 aliphatic heterocycles. The molecular weight excluding hydrogens is 386 g/mol. The lowest BCUT2D eigenvalue weighted by atomic mass is 10.0. The van der Waals surface area contributed by atoms with Crippen LogP contribution in [-0.2, 0) is 4.79 Å². The van der Waals surface area contributed by atoms with Gasteiger partial charge in [0.2, 0.25) is 0 Å². The van der Waals surface area contributed by atoms with Gasteiger partial charge in [-0.25, -0.2) is 0 Å². The molecule has 0 atom stereocenters. The van der Waals surface area contributed by atoms with Crippen LogP contribution in [0, 0.1) is 0 Å². The maximum atomic E-state index is 12.4. The molecule has 7 heteroatoms. The lowest BCUT2D eigenvalue weighted by molar-refractivity contribution is -0.123. The van der Waals surface area contributed by atoms with Gasteiger partial charge in [0, 0.05) is 44.6 Å². The molecule has 0 spiro atoms. The maximum Gasteiger partial charge on any atom is 0.257 e. The van der Waals surface area contributed by atoms with Crippen molar-refractivity contribution in [2.75, 3.05) is 45.9 Å². The number of nitrogens with zero attached hydrogens (tertiary/aromatic N) is 2. The van der Waals surface area contributed by atoms with Crippen LogP contribution in [0.1, 0.15) is 35.7 Å². The van der Waals surface area contributed by atoms with Crippen LogP contribution < -0.4 is 10.1 Å². The molecule has 6 nitrogen and oxygen atoms in total. The summed E-state index contributed by atoms with van der Waals surface area (Å²) < 4.78 is 5.55. The average molecular weight is 416 g/mol. The van der Waals surface area contributed by atoms with Crippen molar-refractivity contribution in [2.24, 2.45) is 0 Å². The molecule has 29 heavy (non-hydrogen) atoms. The van der Waals surface area contributed by atoms with Crippen LogP contribution in [-0.4, -0.2) is 67.5 Å². The van der Waals surface area contributed by atoms with E-state index in [-0.39, 0.29) is 18.4 Å². The Kier molecular flexibility index (Phi) is 7.66. The lowest BCUT2D eigenvalue weighted by Crippen LogP contribution is -2.50. The Hall–Kier alpha value is -2.38. The van der Waals surface area contributed by atoms with Crippen molar-refractivity contribution in [3.05, 3.63) is 52.2 Å². The van der Waals surface area contributed by atoms with Gasteiger partial charge in [0.05, 0.1) is 5.56 Å². The Balaban J connectivity index is 1.30. The molecule has 156 valence electrons. The molecule has 3 rings (SSSR count). The number of hydrogen-bond acceptors (Lipinski definition) is 5. The minimum Gasteiger partial charge on any atom is -0.484 e. The first-order chi connectivity index (χ1) is 14.0. The third kappa shape index (κ3) is 6.30. The molecule has 0 radical (unpaired) electrons. The maximum absolute atomic E-state index is 12.4. The summed E-state index contributed by atoms with van der Waals surface area (Å²) in [6, 6.07) is 9.73. The number of amides is 2. The first-order valence-electron chi connectivity index (χ1n) is 10.1. The van der Waals surface area contributed by atoms with Crippen LogP contribution >= 0.6 is 11.3 Å². The first kappa shape index (κ1) is 21.3. The lowest BCUT2D eigenvalue weighted by Gasteiger charge is -2.34. The van der Waals surface area contributed by atoms with Crippen LogP contribution in [0.3, 0.4) is 0 Å². The second-order valence-corrected chi connectivity index (χ2v) is 8.29. The van der Waals surface area contributed by atoms with Gasteiger partial charge >= 0.3 is 0 Å². The third-order valence-electron chi connectivity index (χ3n) is 5.09. The molecule has 0 bridgehead atoms. The number of thiophene rings is 1. The fourth-order valence-electron chi connectivity index (χ4n) is 3.25. The minimum atomic E-state index is -0.121. The number of carbonyl (C=O) groups is 2. The molecular formula is C22H29N3O3S. The van der Waals surface area contributed by atoms with Crippen molar-refractivity contribution in [1.29, 1.82) is 0 Å². The number of benzene rings is 1. The Morgan fingerprint density at radius 1 is 1.10 bits per heavy atom. The van der Waals surface area contributed by atoms with Crippen LogP contribution in [0.4, 0.5) is 0 Å². The SMILES string of the molecule is CC(C)c1ccc(OCC(=O)NCCN2CCN(C(=O)c3ccsc3)CC2)cc1. The van der Waals surface area contributed by atoms with E-state index in [0.29, 0.717) is 18.2 Å². The summed E-state index contributed by atoms with van der Waals surface area (Å²) in [6.07, 6.45) is 0. The van der Waals surface area contributed by atoms with Crippen molar-refractivity contribution in [3.8, 4) is 5.75 Å². The highest BCUT2D eigenvalue weighted by molar-refractivity contribution is 7.08. The zero-order valence-electron chi connectivity index (χ0n) is 17.1. The highest BCUT2D eigenvalue weighted by Crippen LogP contribution is 2.18. The molecule has 1 saturated heterocycles. The van der Waals surface area contributed by atoms with Crippen molar-refractivity contribution >= 4 is 23.2 Å². The molecule has 1 aromatic heterocycles. The van der Waals surface area contributed by atoms with E-state index in [1.165, 1.54) is 5.56 Å². The summed E-state index contributed by atoms with van der Waals surface area (Å²) in [6.45, 7) is 8.74. The zero-order chi connectivity index (χ0) is 20.6. The van der Waals surface area contributed by atoms with E-state index < -0.39 is 0 Å². The molecule has 1 aliphatic rings. The summed E-state index contributed by atoms with van der Waals surface area (Å²) in [5.41, 5.74) is 2.02. The van der Waals surface area contributed by atoms with Gasteiger partial charge in [-0.05, 0) is 35.1 Å². The normalized spacial score (nSPS) is 14.8. The zero-order valence-corrected chi connectivity index (χ0v) is 17.9. The molecule has 2 aromatic rings. The topological polar surface area (TPSA) is 61.9 Å². The molecule has 1 fully saturated rings. The Labute approximate surface area is 176 Å². The predicted molar refractivity (Wildman–Crippen MR) is 116 cm³/mol. The number of hydrogen-bond donors (Lipinski definition) is 1. The predicted octanol–water partition coefficient (Wildman–Crippen LogP) is 2.82. The van der Waals surface area contributed by atoms with Gasteiger partial charge in [-0.3, -0.25) is 14.5 Å². The largest absolute Gasteiger partial charge is 0.484 e. The Morgan fingerprint density at radius 2 is 1.83 bits per heavy atom. The number of piperazine rings is 1. The summed E-state index contributed by atoms with van der Waals surface area (Å²) in [5.74, 6) is 1.17. The van der Waals surface area contributed by atoms with Gasteiger partial charge < -0.3 is 15.0 Å². The van der Waals surface area contributed by atoms with Gasteiger partial charge in [-0.1, -0.05) is 26.0 Å². The summed E-state index contributed by atoms with van der Waals surface area (Å²) >= 11 is 1.54. The molecule has 1 N–H and O–H groups in total. The van der Waals surface area contributed by atoms with Crippen LogP contribution in [0.25, 0.3) is 0 Å². The van der Waals surface area contributed by atoms with E-state index >= 15 is 0 Å². The highest BCUT2D eigenvalue weighted by Gasteiger charge is 2.22. The van der Waals surface area contributed by atoms with Crippen LogP contribution in [0.15, 0.2) is 41.1 Å². The second kappa shape index (κ2) is 10.4. The molecule has 0 saturated carbocycles. The van der Waals surface area contributed by atoms with E-state index in [1.54, 1.807) is 11.3 Å². The minimum absolute atomic E-state index is 0.0178. The molecule has 2 heterocycles. The standard InChI is InChI=1S/C22H29N3O3S/c1-17(2)18-3-5-20(6-4-18)28-15-21(26)23-8-9-24-10-12-25(13-11-24)22(27)19-7-14-29-16-19/h3-7,14,16-17H,8-13,15H2,1-2H3,(H,23,26). The van der Waals surface area contributed by atoms with Gasteiger partial charge in [0.15, 0.2) is 6.61 Å². The molecule has 0 aliphatic carbocycles. The molecule has 0 unspecified atom stereocenters. The van der Waals surface area contributed by atoms with E-state index in [4.69, 9.17) is 4.74 Å². The summed E-state index contributed by atoms with van der Waals surface area (Å²) in [5, 5.41) is 6.72. The highest BCUT2D eigenvalue weighted by atomic mass is 32.1. The second-order valence-electron chi connectivity index (χ2n) is 7.51. The quantitative estimate of drug-likeness (QED) is 0.720. The van der Waals surface area contributed by atoms with E-state index in [2.05, 4.69) is 24.1 Å². The van der Waals surface area contributed by atoms with E-state index in [0.717, 1.165) is 38.3 Å². The van der Waals surface area contributed by atoms with Crippen molar-refractivity contribution in [2.45, 2.75) is 19.8 Å². The molecule has 2 amide bonds. The van der Waals surface area contributed by atoms with Crippen molar-refractivity contribution < 1.29 is 14.3 Å². The van der Waals surface area contributed by atoms with Gasteiger partial charge in [0.25, 0.3) is 11.8 Å². The number of nitrogens with one attached hydrogen (secondary N) is 1. The van der Waals surface area contributed by atoms with Gasteiger partial charge in [0.1, 0.15) is 5.75 Å². The van der Waals surface area contributed by atoms with Crippen LogP contribution in [0.2, 0.25) is 0 Å². The average Bonchev–Trinajstić information content (AvgIpc) is 3.27. The van der Waals surface area contributed by atoms with E-state index in [9.17, 15) is 9.59 Å². The van der Waals surface area contributed by atoms with Crippen molar-refractivity contribution in [1.82, 2.24) is 15.1 Å². The summed E-state index contributed by atoms with van der Waals surface area (Å²) in [4.78, 5) is 28.5. The van der Waals surface area contributed by atoms with Gasteiger partial charge in [-0.15, -0.1) is 0 Å². The fourth-order valence-corrected chi connectivity index (χ4v) is 3.88. The third-order valence-corrected chi connectivity index (χ3v) is 5.78. The van der Waals surface area contributed by atoms with Crippen molar-refractivity contribution in [3.63, 3.8) is 0 Å². The summed E-state index contributed by atoms with van der Waals surface area (Å²) in [7, 11) is 0. The monoisotopic (exact) mass is 415 g/mol.